The van der Waals surface area contributed by atoms with Crippen molar-refractivity contribution < 1.29 is 13.9 Å². The number of fused-ring (bicyclic) bond motifs is 4. The number of carbonyl (C=O) groups excluding carboxylic acids is 1. The van der Waals surface area contributed by atoms with Crippen LogP contribution in [-0.4, -0.2) is 44.3 Å². The summed E-state index contributed by atoms with van der Waals surface area (Å²) >= 11 is 6.38. The van der Waals surface area contributed by atoms with E-state index in [1.54, 1.807) is 0 Å². The molecular weight excluding hydrogens is 411 g/mol. The van der Waals surface area contributed by atoms with Gasteiger partial charge in [-0.3, -0.25) is 9.89 Å². The van der Waals surface area contributed by atoms with E-state index in [1.165, 1.54) is 19.4 Å². The molecule has 3 heterocycles. The normalized spacial score (nSPS) is 25.4. The molecule has 0 radical (unpaired) electrons. The summed E-state index contributed by atoms with van der Waals surface area (Å²) in [5, 5.41) is 11.1. The lowest BCUT2D eigenvalue weighted by Crippen LogP contribution is -2.51. The molecule has 10 heteroatoms. The smallest absolute Gasteiger partial charge is 0.311 e. The number of anilines is 1. The Balaban J connectivity index is 1.50. The number of aromatic nitrogens is 5. The number of hydrogen-bond donors (Lipinski definition) is 2. The Hall–Kier alpha value is -2.81. The lowest BCUT2D eigenvalue weighted by atomic mass is 9.61. The number of methoxy groups -OCH3 is 1. The highest BCUT2D eigenvalue weighted by molar-refractivity contribution is 6.32. The van der Waals surface area contributed by atoms with E-state index in [-0.39, 0.29) is 17.9 Å². The molecule has 30 heavy (non-hydrogen) atoms. The highest BCUT2D eigenvalue weighted by atomic mass is 35.5. The van der Waals surface area contributed by atoms with E-state index in [4.69, 9.17) is 16.3 Å². The molecule has 8 nitrogen and oxygen atoms in total. The Bertz CT molecular complexity index is 1110. The summed E-state index contributed by atoms with van der Waals surface area (Å²) in [5.74, 6) is 0.478. The van der Waals surface area contributed by atoms with Crippen LogP contribution in [0, 0.1) is 23.6 Å². The highest BCUT2D eigenvalue weighted by Gasteiger charge is 2.48. The zero-order valence-corrected chi connectivity index (χ0v) is 17.0. The van der Waals surface area contributed by atoms with Gasteiger partial charge in [-0.2, -0.15) is 5.10 Å². The first-order chi connectivity index (χ1) is 14.5. The van der Waals surface area contributed by atoms with Crippen molar-refractivity contribution in [3.05, 3.63) is 29.3 Å². The zero-order chi connectivity index (χ0) is 20.8. The lowest BCUT2D eigenvalue weighted by Gasteiger charge is -2.47. The van der Waals surface area contributed by atoms with Gasteiger partial charge in [0.2, 0.25) is 0 Å². The predicted octanol–water partition coefficient (Wildman–Crippen LogP) is 3.60. The number of rotatable bonds is 4. The molecule has 6 rings (SSSR count). The molecule has 3 aliphatic rings. The second kappa shape index (κ2) is 7.46. The largest absolute Gasteiger partial charge is 0.469 e. The fourth-order valence-corrected chi connectivity index (χ4v) is 5.07. The predicted molar refractivity (Wildman–Crippen MR) is 108 cm³/mol. The maximum Gasteiger partial charge on any atom is 0.311 e. The molecule has 3 aromatic rings. The van der Waals surface area contributed by atoms with Crippen LogP contribution in [0.3, 0.4) is 0 Å². The van der Waals surface area contributed by atoms with Crippen LogP contribution in [0.5, 0.6) is 0 Å². The first-order valence-electron chi connectivity index (χ1n) is 9.92. The van der Waals surface area contributed by atoms with E-state index in [0.29, 0.717) is 45.2 Å². The van der Waals surface area contributed by atoms with E-state index in [0.717, 1.165) is 31.9 Å². The van der Waals surface area contributed by atoms with Crippen LogP contribution < -0.4 is 5.32 Å². The van der Waals surface area contributed by atoms with Crippen molar-refractivity contribution in [1.29, 1.82) is 0 Å². The number of nitrogens with one attached hydrogen (secondary N) is 2. The molecule has 3 saturated carbocycles. The summed E-state index contributed by atoms with van der Waals surface area (Å²) in [7, 11) is 1.42. The Morgan fingerprint density at radius 3 is 2.77 bits per heavy atom. The third-order valence-electron chi connectivity index (χ3n) is 6.34. The molecule has 3 aromatic heterocycles. The van der Waals surface area contributed by atoms with Gasteiger partial charge >= 0.3 is 5.97 Å². The van der Waals surface area contributed by atoms with Crippen molar-refractivity contribution in [3.8, 4) is 11.5 Å². The molecule has 0 saturated heterocycles. The zero-order valence-electron chi connectivity index (χ0n) is 16.2. The number of esters is 1. The number of carbonyl (C=O) groups is 1. The van der Waals surface area contributed by atoms with Gasteiger partial charge in [-0.25, -0.2) is 19.3 Å². The number of hydrogen-bond acceptors (Lipinski definition) is 7. The van der Waals surface area contributed by atoms with Crippen LogP contribution in [0.4, 0.5) is 10.2 Å². The number of aromatic amines is 1. The fraction of sp³-hybridized carbons (Fsp3) is 0.450. The Kier molecular flexibility index (Phi) is 4.77. The second-order valence-electron chi connectivity index (χ2n) is 7.91. The molecule has 156 valence electrons. The van der Waals surface area contributed by atoms with E-state index in [9.17, 15) is 9.18 Å². The Morgan fingerprint density at radius 1 is 1.23 bits per heavy atom. The van der Waals surface area contributed by atoms with Crippen molar-refractivity contribution >= 4 is 34.4 Å². The van der Waals surface area contributed by atoms with Gasteiger partial charge in [0.1, 0.15) is 22.4 Å². The minimum absolute atomic E-state index is 0.108. The Morgan fingerprint density at radius 2 is 2.00 bits per heavy atom. The van der Waals surface area contributed by atoms with E-state index < -0.39 is 5.82 Å². The maximum absolute atomic E-state index is 13.7. The SMILES string of the molecule is COC(=O)[C@H]1C2CCC(CC2)[C@@H]1Nc1nc(-c2[nH]nc3ncc(F)cc23)ncc1Cl. The maximum atomic E-state index is 13.7. The van der Waals surface area contributed by atoms with Crippen molar-refractivity contribution in [3.63, 3.8) is 0 Å². The monoisotopic (exact) mass is 430 g/mol. The van der Waals surface area contributed by atoms with Crippen LogP contribution in [0.15, 0.2) is 18.5 Å². The third kappa shape index (κ3) is 3.17. The van der Waals surface area contributed by atoms with Gasteiger partial charge in [-0.15, -0.1) is 0 Å². The molecule has 0 aliphatic heterocycles. The van der Waals surface area contributed by atoms with Crippen LogP contribution in [0.2, 0.25) is 5.02 Å². The topological polar surface area (TPSA) is 106 Å². The number of ether oxygens (including phenoxy) is 1. The van der Waals surface area contributed by atoms with Gasteiger partial charge in [-0.1, -0.05) is 11.6 Å². The number of nitrogens with zero attached hydrogens (tertiary/aromatic N) is 4. The minimum atomic E-state index is -0.475. The molecule has 0 spiro atoms. The molecule has 3 fully saturated rings. The summed E-state index contributed by atoms with van der Waals surface area (Å²) in [6, 6.07) is 1.22. The van der Waals surface area contributed by atoms with Gasteiger partial charge in [0.25, 0.3) is 0 Å². The molecule has 0 amide bonds. The summed E-state index contributed by atoms with van der Waals surface area (Å²) in [6.07, 6.45) is 6.77. The van der Waals surface area contributed by atoms with Crippen molar-refractivity contribution in [2.45, 2.75) is 31.7 Å². The van der Waals surface area contributed by atoms with Crippen molar-refractivity contribution in [1.82, 2.24) is 25.1 Å². The second-order valence-corrected chi connectivity index (χ2v) is 8.31. The Labute approximate surface area is 176 Å². The standard InChI is InChI=1S/C20H20ClFN6O2/c1-30-20(29)14-9-2-4-10(5-3-9)15(14)25-18-13(21)8-24-19(26-18)16-12-6-11(22)7-23-17(12)28-27-16/h6-10,14-15H,2-5H2,1H3,(H,23,27,28)(H,24,25,26)/t9?,10?,14-,15-/m0/s1. The molecule has 2 bridgehead atoms. The van der Waals surface area contributed by atoms with Crippen LogP contribution in [-0.2, 0) is 9.53 Å². The van der Waals surface area contributed by atoms with Crippen LogP contribution in [0.25, 0.3) is 22.6 Å². The first kappa shape index (κ1) is 19.2. The summed E-state index contributed by atoms with van der Waals surface area (Å²) in [4.78, 5) is 25.3. The summed E-state index contributed by atoms with van der Waals surface area (Å²) in [6.45, 7) is 0. The molecule has 0 unspecified atom stereocenters. The van der Waals surface area contributed by atoms with Gasteiger partial charge in [0, 0.05) is 6.04 Å². The van der Waals surface area contributed by atoms with Gasteiger partial charge in [0.15, 0.2) is 11.5 Å². The highest BCUT2D eigenvalue weighted by Crippen LogP contribution is 2.47. The number of pyridine rings is 1. The van der Waals surface area contributed by atoms with Crippen LogP contribution >= 0.6 is 11.6 Å². The first-order valence-corrected chi connectivity index (χ1v) is 10.3. The van der Waals surface area contributed by atoms with E-state index in [1.807, 2.05) is 0 Å². The van der Waals surface area contributed by atoms with Gasteiger partial charge < -0.3 is 10.1 Å². The average molecular weight is 431 g/mol. The quantitative estimate of drug-likeness (QED) is 0.609. The molecule has 2 N–H and O–H groups in total. The molecule has 2 atom stereocenters. The number of halogens is 2. The van der Waals surface area contributed by atoms with Crippen molar-refractivity contribution in [2.24, 2.45) is 17.8 Å². The minimum Gasteiger partial charge on any atom is -0.469 e. The van der Waals surface area contributed by atoms with Crippen LogP contribution in [0.1, 0.15) is 25.7 Å². The third-order valence-corrected chi connectivity index (χ3v) is 6.62. The van der Waals surface area contributed by atoms with Crippen molar-refractivity contribution in [2.75, 3.05) is 12.4 Å². The van der Waals surface area contributed by atoms with E-state index in [2.05, 4.69) is 30.5 Å². The number of H-pyrrole nitrogens is 1. The molecular formula is C20H20ClFN6O2. The van der Waals surface area contributed by atoms with Gasteiger partial charge in [0.05, 0.1) is 30.8 Å². The molecule has 0 aromatic carbocycles. The molecule has 3 aliphatic carbocycles. The fourth-order valence-electron chi connectivity index (χ4n) is 4.92. The van der Waals surface area contributed by atoms with Gasteiger partial charge in [-0.05, 0) is 43.6 Å². The summed E-state index contributed by atoms with van der Waals surface area (Å²) in [5.41, 5.74) is 0.821. The average Bonchev–Trinajstić information content (AvgIpc) is 3.18. The summed E-state index contributed by atoms with van der Waals surface area (Å²) < 4.78 is 18.8. The lowest BCUT2D eigenvalue weighted by molar-refractivity contribution is -0.152. The van der Waals surface area contributed by atoms with E-state index >= 15 is 0 Å².